The molecule has 1 aromatic carbocycles. The minimum absolute atomic E-state index is 0.0215. The Bertz CT molecular complexity index is 1050. The maximum atomic E-state index is 14.1. The zero-order valence-electron chi connectivity index (χ0n) is 16.3. The van der Waals surface area contributed by atoms with Crippen LogP contribution in [0, 0.1) is 5.82 Å². The fourth-order valence-corrected chi connectivity index (χ4v) is 4.35. The molecule has 2 aromatic heterocycles. The molecule has 1 saturated heterocycles. The first-order valence-corrected chi connectivity index (χ1v) is 10.5. The minimum Gasteiger partial charge on any atom is -0.507 e. The summed E-state index contributed by atoms with van der Waals surface area (Å²) >= 11 is 1.08. The lowest BCUT2D eigenvalue weighted by molar-refractivity contribution is 0.0529. The predicted octanol–water partition coefficient (Wildman–Crippen LogP) is 3.21. The molecule has 1 amide bonds. The molecule has 0 spiro atoms. The van der Waals surface area contributed by atoms with Crippen LogP contribution in [0.5, 0.6) is 5.75 Å². The second-order valence-electron chi connectivity index (χ2n) is 7.18. The van der Waals surface area contributed by atoms with Crippen LogP contribution in [-0.4, -0.2) is 38.4 Å². The standard InChI is InChI=1S/C20H22FN5O3S/c1-26-18(16-6-5-11(22)7-8-29-16)13(9-23-26)24-19(28)14-10-30-20(25-14)17-12(21)3-2-4-15(17)27/h2-4,9-11,16,27H,5-8,22H2,1H3,(H,24,28). The van der Waals surface area contributed by atoms with Crippen molar-refractivity contribution in [3.05, 3.63) is 47.0 Å². The Hall–Kier alpha value is -2.82. The van der Waals surface area contributed by atoms with Crippen molar-refractivity contribution in [2.75, 3.05) is 11.9 Å². The number of nitrogens with one attached hydrogen (secondary N) is 1. The summed E-state index contributed by atoms with van der Waals surface area (Å²) in [5.74, 6) is -1.28. The van der Waals surface area contributed by atoms with E-state index in [9.17, 15) is 14.3 Å². The molecule has 2 atom stereocenters. The number of rotatable bonds is 4. The van der Waals surface area contributed by atoms with Crippen LogP contribution in [0.3, 0.4) is 0 Å². The van der Waals surface area contributed by atoms with Gasteiger partial charge in [0.2, 0.25) is 0 Å². The number of carbonyl (C=O) groups excluding carboxylic acids is 1. The third-order valence-corrected chi connectivity index (χ3v) is 5.95. The molecule has 1 aliphatic heterocycles. The lowest BCUT2D eigenvalue weighted by atomic mass is 10.1. The summed E-state index contributed by atoms with van der Waals surface area (Å²) in [6, 6.07) is 4.11. The maximum Gasteiger partial charge on any atom is 0.275 e. The quantitative estimate of drug-likeness (QED) is 0.584. The molecule has 2 unspecified atom stereocenters. The number of aromatic hydroxyl groups is 1. The van der Waals surface area contributed by atoms with Crippen molar-refractivity contribution >= 4 is 22.9 Å². The Kier molecular flexibility index (Phi) is 5.80. The van der Waals surface area contributed by atoms with Crippen molar-refractivity contribution in [1.82, 2.24) is 14.8 Å². The second-order valence-corrected chi connectivity index (χ2v) is 8.04. The van der Waals surface area contributed by atoms with Gasteiger partial charge in [-0.15, -0.1) is 11.3 Å². The predicted molar refractivity (Wildman–Crippen MR) is 111 cm³/mol. The van der Waals surface area contributed by atoms with Gasteiger partial charge >= 0.3 is 0 Å². The number of nitrogens with two attached hydrogens (primary N) is 1. The van der Waals surface area contributed by atoms with Crippen LogP contribution >= 0.6 is 11.3 Å². The average Bonchev–Trinajstić information content (AvgIpc) is 3.26. The molecule has 30 heavy (non-hydrogen) atoms. The van der Waals surface area contributed by atoms with E-state index in [2.05, 4.69) is 15.4 Å². The van der Waals surface area contributed by atoms with Gasteiger partial charge in [0.25, 0.3) is 5.91 Å². The molecular weight excluding hydrogens is 409 g/mol. The number of hydrogen-bond donors (Lipinski definition) is 3. The highest BCUT2D eigenvalue weighted by atomic mass is 32.1. The van der Waals surface area contributed by atoms with Gasteiger partial charge in [0.05, 0.1) is 23.1 Å². The third-order valence-electron chi connectivity index (χ3n) is 5.09. The zero-order chi connectivity index (χ0) is 21.3. The van der Waals surface area contributed by atoms with E-state index in [1.165, 1.54) is 23.6 Å². The highest BCUT2D eigenvalue weighted by Gasteiger charge is 2.26. The number of thiazole rings is 1. The van der Waals surface area contributed by atoms with Gasteiger partial charge in [-0.25, -0.2) is 9.37 Å². The lowest BCUT2D eigenvalue weighted by Crippen LogP contribution is -2.19. The minimum atomic E-state index is -0.602. The Balaban J connectivity index is 1.55. The fourth-order valence-electron chi connectivity index (χ4n) is 3.50. The Morgan fingerprint density at radius 3 is 3.03 bits per heavy atom. The number of anilines is 1. The van der Waals surface area contributed by atoms with Crippen LogP contribution in [-0.2, 0) is 11.8 Å². The van der Waals surface area contributed by atoms with E-state index in [0.29, 0.717) is 12.3 Å². The van der Waals surface area contributed by atoms with E-state index >= 15 is 0 Å². The molecule has 3 aromatic rings. The van der Waals surface area contributed by atoms with Gasteiger partial charge in [-0.2, -0.15) is 5.10 Å². The van der Waals surface area contributed by atoms with Crippen LogP contribution in [0.4, 0.5) is 10.1 Å². The zero-order valence-corrected chi connectivity index (χ0v) is 17.2. The number of benzene rings is 1. The van der Waals surface area contributed by atoms with Crippen molar-refractivity contribution in [2.45, 2.75) is 31.4 Å². The summed E-state index contributed by atoms with van der Waals surface area (Å²) in [4.78, 5) is 17.0. The smallest absolute Gasteiger partial charge is 0.275 e. The molecule has 4 N–H and O–H groups in total. The monoisotopic (exact) mass is 431 g/mol. The number of phenols is 1. The largest absolute Gasteiger partial charge is 0.507 e. The van der Waals surface area contributed by atoms with Gasteiger partial charge in [0.15, 0.2) is 0 Å². The van der Waals surface area contributed by atoms with Crippen molar-refractivity contribution in [3.63, 3.8) is 0 Å². The van der Waals surface area contributed by atoms with Gasteiger partial charge in [-0.3, -0.25) is 9.48 Å². The third kappa shape index (κ3) is 4.07. The van der Waals surface area contributed by atoms with Crippen LogP contribution < -0.4 is 11.1 Å². The topological polar surface area (TPSA) is 115 Å². The number of nitrogens with zero attached hydrogens (tertiary/aromatic N) is 3. The maximum absolute atomic E-state index is 14.1. The molecule has 0 bridgehead atoms. The van der Waals surface area contributed by atoms with E-state index < -0.39 is 11.7 Å². The molecular formula is C20H22FN5O3S. The highest BCUT2D eigenvalue weighted by Crippen LogP contribution is 2.35. The van der Waals surface area contributed by atoms with Crippen molar-refractivity contribution < 1.29 is 19.0 Å². The Labute approximate surface area is 176 Å². The summed E-state index contributed by atoms with van der Waals surface area (Å²) in [6.07, 6.45) is 3.70. The van der Waals surface area contributed by atoms with Crippen molar-refractivity contribution in [1.29, 1.82) is 0 Å². The van der Waals surface area contributed by atoms with E-state index in [4.69, 9.17) is 10.5 Å². The SMILES string of the molecule is Cn1ncc(NC(=O)c2csc(-c3c(O)cccc3F)n2)c1C1CCC(N)CCO1. The first-order chi connectivity index (χ1) is 14.4. The number of hydrogen-bond acceptors (Lipinski definition) is 7. The summed E-state index contributed by atoms with van der Waals surface area (Å²) in [7, 11) is 1.79. The number of ether oxygens (including phenoxy) is 1. The Morgan fingerprint density at radius 1 is 1.40 bits per heavy atom. The van der Waals surface area contributed by atoms with Crippen molar-refractivity contribution in [3.8, 4) is 16.3 Å². The summed E-state index contributed by atoms with van der Waals surface area (Å²) in [5, 5.41) is 18.8. The van der Waals surface area contributed by atoms with Gasteiger partial charge in [0, 0.05) is 25.1 Å². The van der Waals surface area contributed by atoms with E-state index in [0.717, 1.165) is 36.3 Å². The summed E-state index contributed by atoms with van der Waals surface area (Å²) in [5.41, 5.74) is 7.43. The number of aromatic nitrogens is 3. The molecule has 1 fully saturated rings. The molecule has 10 heteroatoms. The molecule has 8 nitrogen and oxygen atoms in total. The number of carbonyl (C=O) groups is 1. The average molecular weight is 431 g/mol. The summed E-state index contributed by atoms with van der Waals surface area (Å²) < 4.78 is 21.7. The first kappa shape index (κ1) is 20.5. The van der Waals surface area contributed by atoms with Crippen LogP contribution in [0.2, 0.25) is 0 Å². The van der Waals surface area contributed by atoms with Crippen molar-refractivity contribution in [2.24, 2.45) is 12.8 Å². The molecule has 0 aliphatic carbocycles. The Morgan fingerprint density at radius 2 is 2.23 bits per heavy atom. The first-order valence-electron chi connectivity index (χ1n) is 9.58. The van der Waals surface area contributed by atoms with Gasteiger partial charge in [-0.1, -0.05) is 6.07 Å². The normalized spacial score (nSPS) is 19.4. The van der Waals surface area contributed by atoms with Gasteiger partial charge in [-0.05, 0) is 31.4 Å². The number of amides is 1. The number of phenolic OH excluding ortho intramolecular Hbond substituents is 1. The fraction of sp³-hybridized carbons (Fsp3) is 0.350. The van der Waals surface area contributed by atoms with E-state index in [-0.39, 0.29) is 34.2 Å². The molecule has 0 radical (unpaired) electrons. The van der Waals surface area contributed by atoms with Crippen LogP contribution in [0.15, 0.2) is 29.8 Å². The molecule has 1 aliphatic rings. The van der Waals surface area contributed by atoms with Gasteiger partial charge < -0.3 is 20.9 Å². The number of halogens is 1. The highest BCUT2D eigenvalue weighted by molar-refractivity contribution is 7.13. The van der Waals surface area contributed by atoms with Gasteiger partial charge in [0.1, 0.15) is 28.4 Å². The number of aryl methyl sites for hydroxylation is 1. The molecule has 158 valence electrons. The molecule has 3 heterocycles. The molecule has 4 rings (SSSR count). The van der Waals surface area contributed by atoms with Crippen LogP contribution in [0.1, 0.15) is 41.5 Å². The van der Waals surface area contributed by atoms with E-state index in [1.807, 2.05) is 0 Å². The van der Waals surface area contributed by atoms with E-state index in [1.54, 1.807) is 17.9 Å². The van der Waals surface area contributed by atoms with Crippen LogP contribution in [0.25, 0.3) is 10.6 Å². The second kappa shape index (κ2) is 8.50. The molecule has 0 saturated carbocycles. The lowest BCUT2D eigenvalue weighted by Gasteiger charge is -2.17. The summed E-state index contributed by atoms with van der Waals surface area (Å²) in [6.45, 7) is 0.548.